The number of hydrogen-bond acceptors (Lipinski definition) is 4. The predicted octanol–water partition coefficient (Wildman–Crippen LogP) is 4.95. The van der Waals surface area contributed by atoms with Crippen molar-refractivity contribution in [3.63, 3.8) is 0 Å². The van der Waals surface area contributed by atoms with Gasteiger partial charge in [-0.05, 0) is 43.7 Å². The number of H-pyrrole nitrogens is 1. The number of aromatic nitrogens is 2. The van der Waals surface area contributed by atoms with Crippen molar-refractivity contribution in [2.45, 2.75) is 40.8 Å². The lowest BCUT2D eigenvalue weighted by molar-refractivity contribution is 0.594. The van der Waals surface area contributed by atoms with Crippen molar-refractivity contribution in [2.75, 3.05) is 0 Å². The molecule has 0 atom stereocenters. The van der Waals surface area contributed by atoms with Gasteiger partial charge in [-0.3, -0.25) is 4.79 Å². The molecule has 1 aliphatic rings. The van der Waals surface area contributed by atoms with Gasteiger partial charge in [-0.25, -0.2) is 8.42 Å². The van der Waals surface area contributed by atoms with E-state index >= 15 is 0 Å². The summed E-state index contributed by atoms with van der Waals surface area (Å²) >= 11 is 1.55. The Morgan fingerprint density at radius 3 is 2.44 bits per heavy atom. The molecule has 0 spiro atoms. The van der Waals surface area contributed by atoms with Crippen LogP contribution in [-0.2, 0) is 22.1 Å². The lowest BCUT2D eigenvalue weighted by Crippen LogP contribution is -2.20. The average Bonchev–Trinajstić information content (AvgIpc) is 3.11. The van der Waals surface area contributed by atoms with E-state index in [0.717, 1.165) is 28.4 Å². The monoisotopic (exact) mass is 462 g/mol. The molecule has 0 radical (unpaired) electrons. The van der Waals surface area contributed by atoms with E-state index in [-0.39, 0.29) is 9.79 Å². The quantitative estimate of drug-likeness (QED) is 0.466. The standard InChI is InChI=1S/C25H22N2O3S2/c1-16-8-10-18(11-9-16)14-27-17(2)12-20-21(27)15-31-22-13-23(25(28)26-24(20)22)32(29,30)19-6-4-3-5-7-19/h3-13H,14-15H2,1-2H3,(H,26,28). The van der Waals surface area contributed by atoms with Crippen LogP contribution in [0.2, 0.25) is 0 Å². The van der Waals surface area contributed by atoms with Gasteiger partial charge in [0.2, 0.25) is 9.84 Å². The maximum absolute atomic E-state index is 13.0. The smallest absolute Gasteiger partial charge is 0.267 e. The fourth-order valence-electron chi connectivity index (χ4n) is 4.08. The third-order valence-corrected chi connectivity index (χ3v) is 8.65. The minimum absolute atomic E-state index is 0.118. The Bertz CT molecular complexity index is 1480. The highest BCUT2D eigenvalue weighted by Crippen LogP contribution is 2.42. The predicted molar refractivity (Wildman–Crippen MR) is 127 cm³/mol. The highest BCUT2D eigenvalue weighted by atomic mass is 32.2. The summed E-state index contributed by atoms with van der Waals surface area (Å²) in [6.07, 6.45) is 0. The first-order valence-electron chi connectivity index (χ1n) is 10.3. The van der Waals surface area contributed by atoms with Crippen molar-refractivity contribution in [1.82, 2.24) is 9.55 Å². The van der Waals surface area contributed by atoms with Crippen LogP contribution in [0.1, 0.15) is 22.5 Å². The Morgan fingerprint density at radius 1 is 1.00 bits per heavy atom. The van der Waals surface area contributed by atoms with Gasteiger partial charge >= 0.3 is 0 Å². The molecule has 1 aliphatic heterocycles. The van der Waals surface area contributed by atoms with Gasteiger partial charge < -0.3 is 9.55 Å². The van der Waals surface area contributed by atoms with E-state index < -0.39 is 15.4 Å². The van der Waals surface area contributed by atoms with Gasteiger partial charge in [0.25, 0.3) is 5.56 Å². The Kier molecular flexibility index (Phi) is 5.10. The molecule has 0 fully saturated rings. The molecule has 0 saturated carbocycles. The van der Waals surface area contributed by atoms with E-state index in [1.54, 1.807) is 30.0 Å². The molecular formula is C25H22N2O3S2. The summed E-state index contributed by atoms with van der Waals surface area (Å²) in [7, 11) is -3.89. The highest BCUT2D eigenvalue weighted by molar-refractivity contribution is 7.98. The highest BCUT2D eigenvalue weighted by Gasteiger charge is 2.28. The molecule has 3 heterocycles. The van der Waals surface area contributed by atoms with Gasteiger partial charge in [-0.15, -0.1) is 11.8 Å². The fourth-order valence-corrected chi connectivity index (χ4v) is 6.60. The Morgan fingerprint density at radius 2 is 1.72 bits per heavy atom. The van der Waals surface area contributed by atoms with Gasteiger partial charge in [-0.2, -0.15) is 0 Å². The van der Waals surface area contributed by atoms with Crippen molar-refractivity contribution in [3.8, 4) is 11.3 Å². The van der Waals surface area contributed by atoms with Crippen molar-refractivity contribution >= 4 is 21.6 Å². The zero-order chi connectivity index (χ0) is 22.5. The van der Waals surface area contributed by atoms with E-state index in [1.165, 1.54) is 29.3 Å². The zero-order valence-electron chi connectivity index (χ0n) is 17.8. The number of nitrogens with one attached hydrogen (secondary N) is 1. The van der Waals surface area contributed by atoms with Crippen LogP contribution in [0.5, 0.6) is 0 Å². The third-order valence-electron chi connectivity index (χ3n) is 5.82. The number of pyridine rings is 1. The molecule has 5 rings (SSSR count). The number of benzene rings is 2. The Balaban J connectivity index is 1.58. The molecule has 0 bridgehead atoms. The minimum atomic E-state index is -3.89. The van der Waals surface area contributed by atoms with Crippen molar-refractivity contribution in [1.29, 1.82) is 0 Å². The van der Waals surface area contributed by atoms with Crippen LogP contribution in [0, 0.1) is 13.8 Å². The second kappa shape index (κ2) is 7.83. The summed E-state index contributed by atoms with van der Waals surface area (Å²) in [6.45, 7) is 4.88. The van der Waals surface area contributed by atoms with Gasteiger partial charge in [0.1, 0.15) is 4.90 Å². The topological polar surface area (TPSA) is 71.9 Å². The van der Waals surface area contributed by atoms with Crippen LogP contribution < -0.4 is 5.56 Å². The van der Waals surface area contributed by atoms with Crippen LogP contribution in [0.4, 0.5) is 0 Å². The Hall–Kier alpha value is -3.03. The average molecular weight is 463 g/mol. The van der Waals surface area contributed by atoms with Crippen molar-refractivity contribution in [3.05, 3.63) is 99.6 Å². The van der Waals surface area contributed by atoms with Crippen LogP contribution in [0.25, 0.3) is 11.3 Å². The van der Waals surface area contributed by atoms with E-state index in [4.69, 9.17) is 0 Å². The van der Waals surface area contributed by atoms with Crippen LogP contribution >= 0.6 is 11.8 Å². The molecule has 32 heavy (non-hydrogen) atoms. The summed E-state index contributed by atoms with van der Waals surface area (Å²) in [6, 6.07) is 20.1. The number of rotatable bonds is 4. The van der Waals surface area contributed by atoms with Crippen LogP contribution in [0.15, 0.2) is 86.2 Å². The number of aryl methyl sites for hydroxylation is 2. The van der Waals surface area contributed by atoms with Gasteiger partial charge in [0.15, 0.2) is 0 Å². The first-order chi connectivity index (χ1) is 15.3. The minimum Gasteiger partial charge on any atom is -0.343 e. The molecule has 0 saturated heterocycles. The molecule has 0 amide bonds. The summed E-state index contributed by atoms with van der Waals surface area (Å²) < 4.78 is 28.3. The van der Waals surface area contributed by atoms with Crippen molar-refractivity contribution < 1.29 is 8.42 Å². The fraction of sp³-hybridized carbons (Fsp3) is 0.160. The molecule has 0 aliphatic carbocycles. The first-order valence-corrected chi connectivity index (χ1v) is 12.8. The van der Waals surface area contributed by atoms with Gasteiger partial charge in [0, 0.05) is 34.1 Å². The van der Waals surface area contributed by atoms with Crippen molar-refractivity contribution in [2.24, 2.45) is 0 Å². The summed E-state index contributed by atoms with van der Waals surface area (Å²) in [5.74, 6) is 0.707. The van der Waals surface area contributed by atoms with E-state index in [0.29, 0.717) is 11.4 Å². The lowest BCUT2D eigenvalue weighted by Gasteiger charge is -2.20. The second-order valence-corrected chi connectivity index (χ2v) is 11.0. The SMILES string of the molecule is Cc1ccc(Cn2c(C)cc3c2CSc2cc(S(=O)(=O)c4ccccc4)c(=O)[nH]c2-3)cc1. The van der Waals surface area contributed by atoms with Gasteiger partial charge in [0.05, 0.1) is 10.6 Å². The molecule has 7 heteroatoms. The first kappa shape index (κ1) is 20.8. The number of fused-ring (bicyclic) bond motifs is 3. The molecule has 1 N–H and O–H groups in total. The van der Waals surface area contributed by atoms with Gasteiger partial charge in [-0.1, -0.05) is 48.0 Å². The largest absolute Gasteiger partial charge is 0.343 e. The maximum atomic E-state index is 13.0. The Labute approximate surface area is 191 Å². The third kappa shape index (κ3) is 3.51. The molecule has 5 nitrogen and oxygen atoms in total. The number of hydrogen-bond donors (Lipinski definition) is 1. The normalized spacial score (nSPS) is 12.9. The maximum Gasteiger partial charge on any atom is 0.267 e. The molecule has 2 aromatic carbocycles. The summed E-state index contributed by atoms with van der Waals surface area (Å²) in [4.78, 5) is 16.4. The summed E-state index contributed by atoms with van der Waals surface area (Å²) in [5.41, 5.74) is 5.74. The number of thioether (sulfide) groups is 1. The molecule has 2 aromatic heterocycles. The number of nitrogens with zero attached hydrogens (tertiary/aromatic N) is 1. The van der Waals surface area contributed by atoms with E-state index in [2.05, 4.69) is 53.7 Å². The molecule has 0 unspecified atom stereocenters. The van der Waals surface area contributed by atoms with Crippen LogP contribution in [0.3, 0.4) is 0 Å². The van der Waals surface area contributed by atoms with Crippen LogP contribution in [-0.4, -0.2) is 18.0 Å². The van der Waals surface area contributed by atoms with E-state index in [9.17, 15) is 13.2 Å². The zero-order valence-corrected chi connectivity index (χ0v) is 19.4. The number of sulfone groups is 1. The summed E-state index contributed by atoms with van der Waals surface area (Å²) in [5, 5.41) is 0. The molecule has 4 aromatic rings. The lowest BCUT2D eigenvalue weighted by atomic mass is 10.1. The second-order valence-electron chi connectivity index (χ2n) is 8.02. The molecular weight excluding hydrogens is 440 g/mol. The van der Waals surface area contributed by atoms with E-state index in [1.807, 2.05) is 0 Å². The molecule has 162 valence electrons. The number of aromatic amines is 1.